The van der Waals surface area contributed by atoms with Crippen molar-refractivity contribution in [2.75, 3.05) is 12.3 Å². The second-order valence-electron chi connectivity index (χ2n) is 2.34. The summed E-state index contributed by atoms with van der Waals surface area (Å²) >= 11 is 10.8. The average Bonchev–Trinajstić information content (AvgIpc) is 2.08. The Labute approximate surface area is 86.9 Å². The van der Waals surface area contributed by atoms with Crippen LogP contribution in [0.25, 0.3) is 0 Å². The van der Waals surface area contributed by atoms with Crippen molar-refractivity contribution in [3.63, 3.8) is 0 Å². The molecular formula is C9H9Cl2NO. The fourth-order valence-corrected chi connectivity index (χ4v) is 0.932. The van der Waals surface area contributed by atoms with E-state index in [0.29, 0.717) is 18.0 Å². The molecule has 70 valence electrons. The highest BCUT2D eigenvalue weighted by molar-refractivity contribution is 6.55. The van der Waals surface area contributed by atoms with Crippen molar-refractivity contribution in [3.05, 3.63) is 34.8 Å². The van der Waals surface area contributed by atoms with Crippen LogP contribution in [0.1, 0.15) is 0 Å². The van der Waals surface area contributed by atoms with Gasteiger partial charge in [0.05, 0.1) is 5.69 Å². The molecule has 0 atom stereocenters. The number of hydrogen-bond acceptors (Lipinski definition) is 2. The molecule has 0 heterocycles. The minimum absolute atomic E-state index is 0.189. The van der Waals surface area contributed by atoms with Crippen LogP contribution in [0.3, 0.4) is 0 Å². The molecule has 0 aromatic heterocycles. The van der Waals surface area contributed by atoms with E-state index < -0.39 is 0 Å². The summed E-state index contributed by atoms with van der Waals surface area (Å²) in [4.78, 5) is 0. The van der Waals surface area contributed by atoms with Crippen LogP contribution < -0.4 is 10.5 Å². The maximum absolute atomic E-state index is 5.63. The van der Waals surface area contributed by atoms with Crippen molar-refractivity contribution in [2.24, 2.45) is 0 Å². The Morgan fingerprint density at radius 3 is 2.69 bits per heavy atom. The SMILES string of the molecule is Nc1ccccc1OCC=C(Cl)Cl. The Morgan fingerprint density at radius 2 is 2.08 bits per heavy atom. The fourth-order valence-electron chi connectivity index (χ4n) is 0.806. The number of halogens is 2. The van der Waals surface area contributed by atoms with Gasteiger partial charge >= 0.3 is 0 Å². The van der Waals surface area contributed by atoms with Crippen LogP contribution in [0.4, 0.5) is 5.69 Å². The van der Waals surface area contributed by atoms with Crippen molar-refractivity contribution in [2.45, 2.75) is 0 Å². The Morgan fingerprint density at radius 1 is 1.38 bits per heavy atom. The van der Waals surface area contributed by atoms with Crippen molar-refractivity contribution in [3.8, 4) is 5.75 Å². The van der Waals surface area contributed by atoms with E-state index in [1.54, 1.807) is 18.2 Å². The third-order valence-corrected chi connectivity index (χ3v) is 1.70. The van der Waals surface area contributed by atoms with Gasteiger partial charge in [0, 0.05) is 0 Å². The molecule has 13 heavy (non-hydrogen) atoms. The van der Waals surface area contributed by atoms with Gasteiger partial charge in [-0.15, -0.1) is 0 Å². The topological polar surface area (TPSA) is 35.2 Å². The molecule has 0 radical (unpaired) electrons. The Bertz CT molecular complexity index is 308. The Kier molecular flexibility index (Phi) is 3.93. The summed E-state index contributed by atoms with van der Waals surface area (Å²) in [6.45, 7) is 0.316. The number of hydrogen-bond donors (Lipinski definition) is 1. The summed E-state index contributed by atoms with van der Waals surface area (Å²) in [6, 6.07) is 7.23. The molecule has 0 bridgehead atoms. The molecule has 2 nitrogen and oxygen atoms in total. The predicted molar refractivity (Wildman–Crippen MR) is 56.1 cm³/mol. The minimum atomic E-state index is 0.189. The first-order chi connectivity index (χ1) is 6.20. The number of benzene rings is 1. The first-order valence-electron chi connectivity index (χ1n) is 3.68. The maximum Gasteiger partial charge on any atom is 0.142 e. The molecular weight excluding hydrogens is 209 g/mol. The molecule has 0 saturated carbocycles. The monoisotopic (exact) mass is 217 g/mol. The number of nitrogens with two attached hydrogens (primary N) is 1. The first-order valence-corrected chi connectivity index (χ1v) is 4.44. The van der Waals surface area contributed by atoms with E-state index in [1.165, 1.54) is 0 Å². The van der Waals surface area contributed by atoms with Gasteiger partial charge < -0.3 is 10.5 Å². The summed E-state index contributed by atoms with van der Waals surface area (Å²) in [6.07, 6.45) is 1.55. The highest BCUT2D eigenvalue weighted by atomic mass is 35.5. The van der Waals surface area contributed by atoms with Gasteiger partial charge in [-0.3, -0.25) is 0 Å². The first kappa shape index (κ1) is 10.2. The molecule has 0 amide bonds. The molecule has 1 aromatic rings. The van der Waals surface area contributed by atoms with Gasteiger partial charge in [0.2, 0.25) is 0 Å². The molecule has 0 aliphatic carbocycles. The van der Waals surface area contributed by atoms with Crippen LogP contribution in [0.15, 0.2) is 34.8 Å². The molecule has 0 fully saturated rings. The molecule has 0 aliphatic heterocycles. The van der Waals surface area contributed by atoms with Crippen LogP contribution in [-0.2, 0) is 0 Å². The van der Waals surface area contributed by atoms with Crippen molar-refractivity contribution >= 4 is 28.9 Å². The van der Waals surface area contributed by atoms with E-state index in [4.69, 9.17) is 33.7 Å². The highest BCUT2D eigenvalue weighted by Gasteiger charge is 1.96. The fraction of sp³-hybridized carbons (Fsp3) is 0.111. The minimum Gasteiger partial charge on any atom is -0.487 e. The summed E-state index contributed by atoms with van der Waals surface area (Å²) < 4.78 is 5.47. The van der Waals surface area contributed by atoms with E-state index in [-0.39, 0.29) is 4.49 Å². The second kappa shape index (κ2) is 5.00. The zero-order chi connectivity index (χ0) is 9.68. The molecule has 0 aliphatic rings. The molecule has 2 N–H and O–H groups in total. The highest BCUT2D eigenvalue weighted by Crippen LogP contribution is 2.19. The van der Waals surface area contributed by atoms with Crippen LogP contribution in [-0.4, -0.2) is 6.61 Å². The lowest BCUT2D eigenvalue weighted by molar-refractivity contribution is 0.365. The van der Waals surface area contributed by atoms with E-state index in [0.717, 1.165) is 0 Å². The zero-order valence-electron chi connectivity index (χ0n) is 6.84. The summed E-state index contributed by atoms with van der Waals surface area (Å²) in [7, 11) is 0. The van der Waals surface area contributed by atoms with Gasteiger partial charge in [-0.25, -0.2) is 0 Å². The lowest BCUT2D eigenvalue weighted by Gasteiger charge is -2.05. The average molecular weight is 218 g/mol. The molecule has 0 spiro atoms. The lowest BCUT2D eigenvalue weighted by atomic mass is 10.3. The molecule has 4 heteroatoms. The largest absolute Gasteiger partial charge is 0.487 e. The van der Waals surface area contributed by atoms with Crippen LogP contribution in [0.5, 0.6) is 5.75 Å². The molecule has 0 saturated heterocycles. The van der Waals surface area contributed by atoms with Crippen LogP contribution in [0, 0.1) is 0 Å². The van der Waals surface area contributed by atoms with Crippen LogP contribution in [0.2, 0.25) is 0 Å². The number of rotatable bonds is 3. The van der Waals surface area contributed by atoms with E-state index in [2.05, 4.69) is 0 Å². The number of ether oxygens (including phenoxy) is 1. The summed E-state index contributed by atoms with van der Waals surface area (Å²) in [5, 5.41) is 0. The maximum atomic E-state index is 5.63. The predicted octanol–water partition coefficient (Wildman–Crippen LogP) is 2.97. The van der Waals surface area contributed by atoms with E-state index in [9.17, 15) is 0 Å². The number of anilines is 1. The Hall–Kier alpha value is -0.860. The quantitative estimate of drug-likeness (QED) is 0.791. The number of nitrogen functional groups attached to an aromatic ring is 1. The molecule has 1 aromatic carbocycles. The van der Waals surface area contributed by atoms with Gasteiger partial charge in [0.25, 0.3) is 0 Å². The van der Waals surface area contributed by atoms with Crippen molar-refractivity contribution in [1.82, 2.24) is 0 Å². The lowest BCUT2D eigenvalue weighted by Crippen LogP contribution is -1.97. The van der Waals surface area contributed by atoms with Crippen molar-refractivity contribution in [1.29, 1.82) is 0 Å². The van der Waals surface area contributed by atoms with E-state index in [1.807, 2.05) is 12.1 Å². The van der Waals surface area contributed by atoms with Gasteiger partial charge in [0.1, 0.15) is 16.8 Å². The summed E-state index contributed by atoms with van der Waals surface area (Å²) in [5.74, 6) is 0.633. The molecule has 0 unspecified atom stereocenters. The standard InChI is InChI=1S/C9H9Cl2NO/c10-9(11)5-6-13-8-4-2-1-3-7(8)12/h1-5H,6,12H2. The normalized spacial score (nSPS) is 9.38. The Balaban J connectivity index is 2.55. The van der Waals surface area contributed by atoms with Gasteiger partial charge in [0.15, 0.2) is 0 Å². The van der Waals surface area contributed by atoms with E-state index >= 15 is 0 Å². The third-order valence-electron chi connectivity index (χ3n) is 1.40. The molecule has 1 rings (SSSR count). The second-order valence-corrected chi connectivity index (χ2v) is 3.35. The van der Waals surface area contributed by atoms with Gasteiger partial charge in [-0.2, -0.15) is 0 Å². The van der Waals surface area contributed by atoms with Gasteiger partial charge in [-0.1, -0.05) is 35.3 Å². The smallest absolute Gasteiger partial charge is 0.142 e. The number of para-hydroxylation sites is 2. The summed E-state index contributed by atoms with van der Waals surface area (Å²) in [5.41, 5.74) is 6.22. The van der Waals surface area contributed by atoms with Gasteiger partial charge in [-0.05, 0) is 18.2 Å². The zero-order valence-corrected chi connectivity index (χ0v) is 8.35. The third kappa shape index (κ3) is 3.57. The van der Waals surface area contributed by atoms with Crippen molar-refractivity contribution < 1.29 is 4.74 Å². The van der Waals surface area contributed by atoms with Crippen LogP contribution >= 0.6 is 23.2 Å².